The van der Waals surface area contributed by atoms with Gasteiger partial charge in [0.05, 0.1) is 40.5 Å². The summed E-state index contributed by atoms with van der Waals surface area (Å²) in [4.78, 5) is 30.0. The predicted molar refractivity (Wildman–Crippen MR) is 153 cm³/mol. The van der Waals surface area contributed by atoms with E-state index >= 15 is 0 Å². The number of methoxy groups -OCH3 is 4. The number of carbonyl (C=O) groups excluding carboxylic acids is 2. The van der Waals surface area contributed by atoms with E-state index in [0.717, 1.165) is 5.56 Å². The number of amides is 2. The van der Waals surface area contributed by atoms with Crippen molar-refractivity contribution < 1.29 is 28.5 Å². The van der Waals surface area contributed by atoms with Gasteiger partial charge in [-0.2, -0.15) is 0 Å². The molecule has 9 nitrogen and oxygen atoms in total. The van der Waals surface area contributed by atoms with Gasteiger partial charge in [0.25, 0.3) is 5.91 Å². The summed E-state index contributed by atoms with van der Waals surface area (Å²) >= 11 is 5.78. The molecule has 4 rings (SSSR count). The molecule has 0 radical (unpaired) electrons. The Labute approximate surface area is 233 Å². The Balaban J connectivity index is 1.56. The summed E-state index contributed by atoms with van der Waals surface area (Å²) in [7, 11) is 6.32. The molecule has 1 N–H and O–H groups in total. The van der Waals surface area contributed by atoms with Crippen LogP contribution in [0.25, 0.3) is 0 Å². The molecule has 0 unspecified atom stereocenters. The molecule has 3 aromatic rings. The minimum Gasteiger partial charge on any atom is -0.497 e. The highest BCUT2D eigenvalue weighted by Crippen LogP contribution is 2.31. The van der Waals surface area contributed by atoms with Gasteiger partial charge in [0.2, 0.25) is 5.91 Å². The first-order valence-electron chi connectivity index (χ1n) is 12.3. The van der Waals surface area contributed by atoms with Gasteiger partial charge in [-0.15, -0.1) is 0 Å². The first-order valence-corrected chi connectivity index (χ1v) is 12.7. The zero-order valence-corrected chi connectivity index (χ0v) is 23.1. The maximum Gasteiger partial charge on any atom is 0.256 e. The Bertz CT molecular complexity index is 1330. The maximum absolute atomic E-state index is 13.7. The lowest BCUT2D eigenvalue weighted by atomic mass is 10.1. The van der Waals surface area contributed by atoms with Crippen molar-refractivity contribution in [3.05, 3.63) is 72.3 Å². The van der Waals surface area contributed by atoms with Crippen molar-refractivity contribution in [2.24, 2.45) is 0 Å². The van der Waals surface area contributed by atoms with Gasteiger partial charge in [-0.05, 0) is 84.9 Å². The number of rotatable bonds is 11. The Kier molecular flexibility index (Phi) is 8.88. The van der Waals surface area contributed by atoms with Crippen LogP contribution >= 0.6 is 12.2 Å². The van der Waals surface area contributed by atoms with E-state index in [1.807, 2.05) is 23.1 Å². The molecule has 3 aromatic carbocycles. The SMILES string of the molecule is COc1ccc(NC(=O)C[C@H]2C(=O)N(c3ccc(OC)cc3)C(=S)N2CCc2ccc(OC)c(OC)c2)cc1. The number of carbonyl (C=O) groups is 2. The number of nitrogens with one attached hydrogen (secondary N) is 1. The van der Waals surface area contributed by atoms with Crippen molar-refractivity contribution in [1.29, 1.82) is 0 Å². The molecule has 1 fully saturated rings. The van der Waals surface area contributed by atoms with Crippen LogP contribution in [0, 0.1) is 0 Å². The molecule has 0 aromatic heterocycles. The van der Waals surface area contributed by atoms with E-state index in [-0.39, 0.29) is 18.2 Å². The first kappa shape index (κ1) is 27.7. The fourth-order valence-electron chi connectivity index (χ4n) is 4.40. The largest absolute Gasteiger partial charge is 0.497 e. The summed E-state index contributed by atoms with van der Waals surface area (Å²) in [5, 5.41) is 3.21. The predicted octanol–water partition coefficient (Wildman–Crippen LogP) is 4.29. The van der Waals surface area contributed by atoms with Gasteiger partial charge >= 0.3 is 0 Å². The van der Waals surface area contributed by atoms with E-state index in [4.69, 9.17) is 31.2 Å². The molecule has 0 aliphatic carbocycles. The zero-order chi connectivity index (χ0) is 27.9. The summed E-state index contributed by atoms with van der Waals surface area (Å²) in [5.74, 6) is 2.03. The molecule has 2 amide bonds. The third kappa shape index (κ3) is 6.23. The van der Waals surface area contributed by atoms with E-state index in [1.165, 1.54) is 4.90 Å². The lowest BCUT2D eigenvalue weighted by molar-refractivity contribution is -0.124. The highest BCUT2D eigenvalue weighted by molar-refractivity contribution is 7.80. The van der Waals surface area contributed by atoms with Crippen LogP contribution in [0.5, 0.6) is 23.0 Å². The molecule has 0 bridgehead atoms. The van der Waals surface area contributed by atoms with Crippen molar-refractivity contribution in [3.63, 3.8) is 0 Å². The first-order chi connectivity index (χ1) is 18.9. The van der Waals surface area contributed by atoms with E-state index in [1.54, 1.807) is 77.0 Å². The number of thiocarbonyl (C=S) groups is 1. The molecule has 0 saturated carbocycles. The lowest BCUT2D eigenvalue weighted by Gasteiger charge is -2.24. The summed E-state index contributed by atoms with van der Waals surface area (Å²) in [6.07, 6.45) is 0.504. The van der Waals surface area contributed by atoms with Crippen LogP contribution < -0.4 is 29.2 Å². The molecule has 1 heterocycles. The average Bonchev–Trinajstić information content (AvgIpc) is 3.19. The van der Waals surface area contributed by atoms with Gasteiger partial charge < -0.3 is 29.2 Å². The third-order valence-corrected chi connectivity index (χ3v) is 6.91. The fraction of sp³-hybridized carbons (Fsp3) is 0.276. The van der Waals surface area contributed by atoms with Gasteiger partial charge in [0, 0.05) is 12.2 Å². The van der Waals surface area contributed by atoms with Gasteiger partial charge in [0.15, 0.2) is 16.6 Å². The van der Waals surface area contributed by atoms with Gasteiger partial charge in [-0.25, -0.2) is 0 Å². The maximum atomic E-state index is 13.7. The second-order valence-corrected chi connectivity index (χ2v) is 9.15. The topological polar surface area (TPSA) is 89.6 Å². The molecule has 1 aliphatic heterocycles. The molecule has 1 saturated heterocycles. The molecule has 0 spiro atoms. The molecule has 10 heteroatoms. The van der Waals surface area contributed by atoms with Crippen LogP contribution in [-0.4, -0.2) is 62.9 Å². The second kappa shape index (κ2) is 12.5. The zero-order valence-electron chi connectivity index (χ0n) is 22.3. The molecular formula is C29H31N3O6S. The average molecular weight is 550 g/mol. The highest BCUT2D eigenvalue weighted by Gasteiger charge is 2.44. The number of benzene rings is 3. The van der Waals surface area contributed by atoms with Crippen molar-refractivity contribution >= 4 is 40.5 Å². The normalized spacial score (nSPS) is 14.8. The molecular weight excluding hydrogens is 518 g/mol. The number of hydrogen-bond acceptors (Lipinski definition) is 7. The van der Waals surface area contributed by atoms with Crippen LogP contribution in [0.15, 0.2) is 66.7 Å². The summed E-state index contributed by atoms with van der Waals surface area (Å²) in [6.45, 7) is 0.424. The number of hydrogen-bond donors (Lipinski definition) is 1. The van der Waals surface area contributed by atoms with Gasteiger partial charge in [-0.3, -0.25) is 14.5 Å². The van der Waals surface area contributed by atoms with Gasteiger partial charge in [0.1, 0.15) is 17.5 Å². The molecule has 1 atom stereocenters. The quantitative estimate of drug-likeness (QED) is 0.355. The molecule has 39 heavy (non-hydrogen) atoms. The number of anilines is 2. The van der Waals surface area contributed by atoms with Crippen molar-refractivity contribution in [1.82, 2.24) is 4.90 Å². The van der Waals surface area contributed by atoms with Crippen LogP contribution in [0.2, 0.25) is 0 Å². The highest BCUT2D eigenvalue weighted by atomic mass is 32.1. The van der Waals surface area contributed by atoms with Gasteiger partial charge in [-0.1, -0.05) is 6.07 Å². The summed E-state index contributed by atoms with van der Waals surface area (Å²) in [5.41, 5.74) is 2.20. The Morgan fingerprint density at radius 3 is 2.05 bits per heavy atom. The smallest absolute Gasteiger partial charge is 0.256 e. The minimum atomic E-state index is -0.766. The number of ether oxygens (including phenoxy) is 4. The number of nitrogens with zero attached hydrogens (tertiary/aromatic N) is 2. The third-order valence-electron chi connectivity index (χ3n) is 6.49. The van der Waals surface area contributed by atoms with E-state index in [2.05, 4.69) is 5.32 Å². The standard InChI is InChI=1S/C29H31N3O6S/c1-35-22-10-6-20(7-11-22)30-27(33)18-24-28(34)32(21-8-12-23(36-2)13-9-21)29(39)31(24)16-15-19-5-14-25(37-3)26(17-19)38-4/h5-14,17,24H,15-16,18H2,1-4H3,(H,30,33)/t24-/m0/s1. The second-order valence-electron chi connectivity index (χ2n) is 8.78. The fourth-order valence-corrected chi connectivity index (χ4v) is 4.82. The van der Waals surface area contributed by atoms with Crippen molar-refractivity contribution in [2.45, 2.75) is 18.9 Å². The van der Waals surface area contributed by atoms with E-state index in [0.29, 0.717) is 52.5 Å². The Morgan fingerprint density at radius 1 is 0.846 bits per heavy atom. The lowest BCUT2D eigenvalue weighted by Crippen LogP contribution is -2.39. The Morgan fingerprint density at radius 2 is 1.46 bits per heavy atom. The van der Waals surface area contributed by atoms with E-state index < -0.39 is 6.04 Å². The minimum absolute atomic E-state index is 0.0659. The Hall–Kier alpha value is -4.31. The van der Waals surface area contributed by atoms with Crippen molar-refractivity contribution in [2.75, 3.05) is 45.2 Å². The van der Waals surface area contributed by atoms with Crippen LogP contribution in [0.3, 0.4) is 0 Å². The van der Waals surface area contributed by atoms with Crippen LogP contribution in [0.4, 0.5) is 11.4 Å². The van der Waals surface area contributed by atoms with Crippen LogP contribution in [0.1, 0.15) is 12.0 Å². The molecule has 204 valence electrons. The van der Waals surface area contributed by atoms with E-state index in [9.17, 15) is 9.59 Å². The monoisotopic (exact) mass is 549 g/mol. The van der Waals surface area contributed by atoms with Crippen molar-refractivity contribution in [3.8, 4) is 23.0 Å². The molecule has 1 aliphatic rings. The summed E-state index contributed by atoms with van der Waals surface area (Å²) in [6, 6.07) is 19.0. The van der Waals surface area contributed by atoms with Crippen LogP contribution in [-0.2, 0) is 16.0 Å². The summed E-state index contributed by atoms with van der Waals surface area (Å²) < 4.78 is 21.2.